The van der Waals surface area contributed by atoms with Gasteiger partial charge in [-0.1, -0.05) is 6.92 Å². The van der Waals surface area contributed by atoms with E-state index in [2.05, 4.69) is 15.3 Å². The van der Waals surface area contributed by atoms with Crippen LogP contribution in [0.15, 0.2) is 41.6 Å². The van der Waals surface area contributed by atoms with E-state index in [-0.39, 0.29) is 10.9 Å². The van der Waals surface area contributed by atoms with Crippen LogP contribution in [0.1, 0.15) is 18.9 Å². The second-order valence-electron chi connectivity index (χ2n) is 7.36. The Morgan fingerprint density at radius 2 is 1.83 bits per heavy atom. The molecule has 0 aliphatic carbocycles. The SMILES string of the molecule is CCCNC(=O)N1CCc2cc(S(=O)(=O)N3CCN(c4ncccn4)CC3)ccc21. The minimum Gasteiger partial charge on any atom is -0.338 e. The molecule has 1 aromatic carbocycles. The smallest absolute Gasteiger partial charge is 0.321 e. The van der Waals surface area contributed by atoms with Gasteiger partial charge < -0.3 is 10.2 Å². The number of carbonyl (C=O) groups excluding carboxylic acids is 1. The van der Waals surface area contributed by atoms with E-state index in [0.717, 1.165) is 17.7 Å². The van der Waals surface area contributed by atoms with Gasteiger partial charge in [-0.3, -0.25) is 4.90 Å². The maximum absolute atomic E-state index is 13.2. The number of amides is 2. The van der Waals surface area contributed by atoms with Crippen molar-refractivity contribution in [1.82, 2.24) is 19.6 Å². The molecule has 0 radical (unpaired) electrons. The summed E-state index contributed by atoms with van der Waals surface area (Å²) in [6.07, 6.45) is 4.88. The van der Waals surface area contributed by atoms with Crippen molar-refractivity contribution in [3.05, 3.63) is 42.2 Å². The third kappa shape index (κ3) is 3.97. The Labute approximate surface area is 176 Å². The number of rotatable bonds is 5. The average Bonchev–Trinajstić information content (AvgIpc) is 3.21. The van der Waals surface area contributed by atoms with Crippen molar-refractivity contribution in [2.45, 2.75) is 24.7 Å². The van der Waals surface area contributed by atoms with Crippen LogP contribution in [0.3, 0.4) is 0 Å². The number of aromatic nitrogens is 2. The molecule has 160 valence electrons. The predicted octanol–water partition coefficient (Wildman–Crippen LogP) is 1.47. The molecular weight excluding hydrogens is 404 g/mol. The van der Waals surface area contributed by atoms with Gasteiger partial charge in [-0.15, -0.1) is 0 Å². The quantitative estimate of drug-likeness (QED) is 0.771. The van der Waals surface area contributed by atoms with Crippen LogP contribution < -0.4 is 15.1 Å². The number of piperazine rings is 1. The molecule has 3 heterocycles. The molecule has 0 atom stereocenters. The second-order valence-corrected chi connectivity index (χ2v) is 9.30. The minimum atomic E-state index is -3.59. The van der Waals surface area contributed by atoms with Gasteiger partial charge in [0, 0.05) is 57.3 Å². The maximum atomic E-state index is 13.2. The van der Waals surface area contributed by atoms with Crippen molar-refractivity contribution in [1.29, 1.82) is 0 Å². The average molecular weight is 431 g/mol. The highest BCUT2D eigenvalue weighted by Crippen LogP contribution is 2.31. The number of nitrogens with zero attached hydrogens (tertiary/aromatic N) is 5. The summed E-state index contributed by atoms with van der Waals surface area (Å²) >= 11 is 0. The number of anilines is 2. The summed E-state index contributed by atoms with van der Waals surface area (Å²) in [5.41, 5.74) is 1.67. The van der Waals surface area contributed by atoms with E-state index in [1.807, 2.05) is 11.8 Å². The molecule has 30 heavy (non-hydrogen) atoms. The van der Waals surface area contributed by atoms with Crippen LogP contribution >= 0.6 is 0 Å². The van der Waals surface area contributed by atoms with Crippen LogP contribution in [0.25, 0.3) is 0 Å². The Kier molecular flexibility index (Phi) is 5.87. The van der Waals surface area contributed by atoms with E-state index in [1.54, 1.807) is 41.6 Å². The molecule has 10 heteroatoms. The molecule has 4 rings (SSSR count). The van der Waals surface area contributed by atoms with E-state index < -0.39 is 10.0 Å². The molecule has 0 spiro atoms. The molecule has 0 unspecified atom stereocenters. The lowest BCUT2D eigenvalue weighted by Crippen LogP contribution is -2.49. The Morgan fingerprint density at radius 3 is 2.53 bits per heavy atom. The summed E-state index contributed by atoms with van der Waals surface area (Å²) < 4.78 is 27.8. The number of urea groups is 1. The fourth-order valence-electron chi connectivity index (χ4n) is 3.81. The number of hydrogen-bond acceptors (Lipinski definition) is 6. The van der Waals surface area contributed by atoms with E-state index >= 15 is 0 Å². The van der Waals surface area contributed by atoms with E-state index in [0.29, 0.717) is 51.6 Å². The lowest BCUT2D eigenvalue weighted by Gasteiger charge is -2.34. The molecule has 1 fully saturated rings. The molecule has 1 N–H and O–H groups in total. The molecule has 2 aromatic rings. The van der Waals surface area contributed by atoms with Crippen LogP contribution in [0.4, 0.5) is 16.4 Å². The Hall–Kier alpha value is -2.72. The van der Waals surface area contributed by atoms with Crippen molar-refractivity contribution in [3.8, 4) is 0 Å². The molecule has 1 saturated heterocycles. The van der Waals surface area contributed by atoms with Gasteiger partial charge >= 0.3 is 6.03 Å². The number of hydrogen-bond donors (Lipinski definition) is 1. The lowest BCUT2D eigenvalue weighted by molar-refractivity contribution is 0.247. The molecule has 0 saturated carbocycles. The predicted molar refractivity (Wildman–Crippen MR) is 114 cm³/mol. The molecule has 0 bridgehead atoms. The third-order valence-electron chi connectivity index (χ3n) is 5.43. The summed E-state index contributed by atoms with van der Waals surface area (Å²) in [4.78, 5) is 24.7. The molecule has 1 aromatic heterocycles. The lowest BCUT2D eigenvalue weighted by atomic mass is 10.2. The highest BCUT2D eigenvalue weighted by Gasteiger charge is 2.31. The van der Waals surface area contributed by atoms with Crippen molar-refractivity contribution in [3.63, 3.8) is 0 Å². The molecular formula is C20H26N6O3S. The number of sulfonamides is 1. The minimum absolute atomic E-state index is 0.134. The first-order valence-electron chi connectivity index (χ1n) is 10.2. The monoisotopic (exact) mass is 430 g/mol. The number of benzene rings is 1. The van der Waals surface area contributed by atoms with Crippen molar-refractivity contribution in [2.75, 3.05) is 49.1 Å². The first-order chi connectivity index (χ1) is 14.5. The zero-order valence-corrected chi connectivity index (χ0v) is 17.8. The number of fused-ring (bicyclic) bond motifs is 1. The van der Waals surface area contributed by atoms with E-state index in [9.17, 15) is 13.2 Å². The van der Waals surface area contributed by atoms with Crippen LogP contribution in [-0.4, -0.2) is 68.0 Å². The van der Waals surface area contributed by atoms with Gasteiger partial charge in [-0.05, 0) is 42.7 Å². The molecule has 2 amide bonds. The van der Waals surface area contributed by atoms with Gasteiger partial charge in [-0.2, -0.15) is 4.31 Å². The summed E-state index contributed by atoms with van der Waals surface area (Å²) in [6, 6.07) is 6.68. The normalized spacial score (nSPS) is 17.1. The van der Waals surface area contributed by atoms with Crippen molar-refractivity contribution in [2.24, 2.45) is 0 Å². The second kappa shape index (κ2) is 8.57. The zero-order chi connectivity index (χ0) is 21.1. The highest BCUT2D eigenvalue weighted by atomic mass is 32.2. The van der Waals surface area contributed by atoms with Gasteiger partial charge in [0.25, 0.3) is 0 Å². The first kappa shape index (κ1) is 20.5. The van der Waals surface area contributed by atoms with Gasteiger partial charge in [0.15, 0.2) is 0 Å². The van der Waals surface area contributed by atoms with Crippen molar-refractivity contribution < 1.29 is 13.2 Å². The maximum Gasteiger partial charge on any atom is 0.321 e. The van der Waals surface area contributed by atoms with Crippen LogP contribution in [0.5, 0.6) is 0 Å². The summed E-state index contributed by atoms with van der Waals surface area (Å²) in [5.74, 6) is 0.619. The molecule has 2 aliphatic rings. The highest BCUT2D eigenvalue weighted by molar-refractivity contribution is 7.89. The van der Waals surface area contributed by atoms with Crippen LogP contribution in [0.2, 0.25) is 0 Å². The van der Waals surface area contributed by atoms with Gasteiger partial charge in [-0.25, -0.2) is 23.2 Å². The Balaban J connectivity index is 1.46. The number of carbonyl (C=O) groups is 1. The Morgan fingerprint density at radius 1 is 1.10 bits per heavy atom. The first-order valence-corrected chi connectivity index (χ1v) is 11.6. The topological polar surface area (TPSA) is 98.7 Å². The summed E-state index contributed by atoms with van der Waals surface area (Å²) in [6.45, 7) is 5.02. The molecule has 9 nitrogen and oxygen atoms in total. The number of nitrogens with one attached hydrogen (secondary N) is 1. The van der Waals surface area contributed by atoms with Gasteiger partial charge in [0.05, 0.1) is 4.90 Å². The van der Waals surface area contributed by atoms with Crippen LogP contribution in [0, 0.1) is 0 Å². The van der Waals surface area contributed by atoms with E-state index in [4.69, 9.17) is 0 Å². The van der Waals surface area contributed by atoms with Gasteiger partial charge in [0.2, 0.25) is 16.0 Å². The van der Waals surface area contributed by atoms with Crippen LogP contribution in [-0.2, 0) is 16.4 Å². The van der Waals surface area contributed by atoms with Crippen molar-refractivity contribution >= 4 is 27.7 Å². The zero-order valence-electron chi connectivity index (χ0n) is 17.0. The van der Waals surface area contributed by atoms with E-state index in [1.165, 1.54) is 4.31 Å². The third-order valence-corrected chi connectivity index (χ3v) is 7.32. The molecule has 2 aliphatic heterocycles. The fourth-order valence-corrected chi connectivity index (χ4v) is 5.28. The van der Waals surface area contributed by atoms with Gasteiger partial charge in [0.1, 0.15) is 0 Å². The fraction of sp³-hybridized carbons (Fsp3) is 0.450. The summed E-state index contributed by atoms with van der Waals surface area (Å²) in [7, 11) is -3.59. The standard InChI is InChI=1S/C20H26N6O3S/c1-2-7-23-20(27)26-10-6-16-15-17(4-5-18(16)26)30(28,29)25-13-11-24(12-14-25)19-21-8-3-9-22-19/h3-5,8-9,15H,2,6-7,10-14H2,1H3,(H,23,27). The Bertz CT molecular complexity index is 1010. The largest absolute Gasteiger partial charge is 0.338 e. The summed E-state index contributed by atoms with van der Waals surface area (Å²) in [5, 5.41) is 2.87.